The normalized spacial score (nSPS) is 15.2. The molecule has 0 atom stereocenters. The van der Waals surface area contributed by atoms with Crippen molar-refractivity contribution in [1.82, 2.24) is 9.88 Å². The first-order valence-corrected chi connectivity index (χ1v) is 7.12. The van der Waals surface area contributed by atoms with Gasteiger partial charge in [0.2, 0.25) is 5.91 Å². The van der Waals surface area contributed by atoms with Crippen molar-refractivity contribution in [2.75, 3.05) is 24.5 Å². The zero-order chi connectivity index (χ0) is 16.4. The van der Waals surface area contributed by atoms with Crippen LogP contribution in [0.15, 0.2) is 36.5 Å². The third kappa shape index (κ3) is 3.28. The molecule has 0 aliphatic carbocycles. The van der Waals surface area contributed by atoms with Gasteiger partial charge in [-0.2, -0.15) is 0 Å². The molecule has 1 aromatic carbocycles. The Morgan fingerprint density at radius 2 is 1.91 bits per heavy atom. The van der Waals surface area contributed by atoms with E-state index in [1.54, 1.807) is 4.90 Å². The van der Waals surface area contributed by atoms with Crippen LogP contribution < -0.4 is 4.90 Å². The number of carbonyl (C=O) groups is 1. The maximum Gasteiger partial charge on any atom is 0.242 e. The number of carbonyl (C=O) groups excluding carboxylic acids is 1. The minimum Gasteiger partial charge on any atom is -0.343 e. The SMILES string of the molecule is O=C1CN(c2ncccc2F)CCN1Cc1ccc(F)cc1F. The van der Waals surface area contributed by atoms with Crippen molar-refractivity contribution >= 4 is 11.7 Å². The highest BCUT2D eigenvalue weighted by Gasteiger charge is 2.26. The average molecular weight is 321 g/mol. The van der Waals surface area contributed by atoms with Crippen molar-refractivity contribution < 1.29 is 18.0 Å². The number of aromatic nitrogens is 1. The quantitative estimate of drug-likeness (QED) is 0.871. The van der Waals surface area contributed by atoms with Crippen molar-refractivity contribution in [1.29, 1.82) is 0 Å². The zero-order valence-electron chi connectivity index (χ0n) is 12.2. The second-order valence-corrected chi connectivity index (χ2v) is 5.28. The number of piperazine rings is 1. The Labute approximate surface area is 131 Å². The molecule has 0 N–H and O–H groups in total. The van der Waals surface area contributed by atoms with E-state index in [1.807, 2.05) is 0 Å². The Kier molecular flexibility index (Phi) is 4.18. The number of rotatable bonds is 3. The van der Waals surface area contributed by atoms with Crippen LogP contribution in [-0.4, -0.2) is 35.4 Å². The van der Waals surface area contributed by atoms with Gasteiger partial charge < -0.3 is 9.80 Å². The van der Waals surface area contributed by atoms with Crippen LogP contribution in [0, 0.1) is 17.5 Å². The van der Waals surface area contributed by atoms with Gasteiger partial charge in [-0.15, -0.1) is 0 Å². The highest BCUT2D eigenvalue weighted by Crippen LogP contribution is 2.19. The Bertz CT molecular complexity index is 738. The van der Waals surface area contributed by atoms with Gasteiger partial charge >= 0.3 is 0 Å². The lowest BCUT2D eigenvalue weighted by atomic mass is 10.1. The number of pyridine rings is 1. The smallest absolute Gasteiger partial charge is 0.242 e. The van der Waals surface area contributed by atoms with Gasteiger partial charge in [-0.25, -0.2) is 18.2 Å². The fraction of sp³-hybridized carbons (Fsp3) is 0.250. The maximum absolute atomic E-state index is 13.7. The Morgan fingerprint density at radius 3 is 2.61 bits per heavy atom. The van der Waals surface area contributed by atoms with Crippen LogP contribution in [0.25, 0.3) is 0 Å². The summed E-state index contributed by atoms with van der Waals surface area (Å²) in [5.74, 6) is -1.96. The molecule has 1 amide bonds. The maximum atomic E-state index is 13.7. The van der Waals surface area contributed by atoms with Gasteiger partial charge in [0.25, 0.3) is 0 Å². The summed E-state index contributed by atoms with van der Waals surface area (Å²) in [6.45, 7) is 0.731. The van der Waals surface area contributed by atoms with E-state index < -0.39 is 17.5 Å². The number of halogens is 3. The predicted molar refractivity (Wildman–Crippen MR) is 78.2 cm³/mol. The van der Waals surface area contributed by atoms with E-state index in [2.05, 4.69) is 4.98 Å². The highest BCUT2D eigenvalue weighted by molar-refractivity contribution is 5.82. The third-order valence-electron chi connectivity index (χ3n) is 3.73. The largest absolute Gasteiger partial charge is 0.343 e. The molecule has 23 heavy (non-hydrogen) atoms. The molecule has 1 fully saturated rings. The Balaban J connectivity index is 1.70. The van der Waals surface area contributed by atoms with Gasteiger partial charge in [0.05, 0.1) is 6.54 Å². The van der Waals surface area contributed by atoms with Crippen LogP contribution in [0.4, 0.5) is 19.0 Å². The van der Waals surface area contributed by atoms with Crippen molar-refractivity contribution in [2.45, 2.75) is 6.54 Å². The molecular formula is C16H14F3N3O. The minimum absolute atomic E-state index is 0.0310. The van der Waals surface area contributed by atoms with Gasteiger partial charge in [0, 0.05) is 37.5 Å². The monoisotopic (exact) mass is 321 g/mol. The van der Waals surface area contributed by atoms with E-state index in [0.29, 0.717) is 13.1 Å². The number of benzene rings is 1. The van der Waals surface area contributed by atoms with E-state index in [-0.39, 0.29) is 30.4 Å². The highest BCUT2D eigenvalue weighted by atomic mass is 19.1. The molecule has 2 aromatic rings. The number of amides is 1. The first-order chi connectivity index (χ1) is 11.0. The molecule has 4 nitrogen and oxygen atoms in total. The lowest BCUT2D eigenvalue weighted by Gasteiger charge is -2.35. The molecule has 3 rings (SSSR count). The molecule has 2 heterocycles. The van der Waals surface area contributed by atoms with E-state index in [4.69, 9.17) is 0 Å². The molecular weight excluding hydrogens is 307 g/mol. The van der Waals surface area contributed by atoms with Crippen LogP contribution in [-0.2, 0) is 11.3 Å². The molecule has 7 heteroatoms. The molecule has 1 aliphatic heterocycles. The number of anilines is 1. The molecule has 1 aliphatic rings. The van der Waals surface area contributed by atoms with Crippen molar-refractivity contribution in [2.24, 2.45) is 0 Å². The predicted octanol–water partition coefficient (Wildman–Crippen LogP) is 2.35. The second-order valence-electron chi connectivity index (χ2n) is 5.28. The topological polar surface area (TPSA) is 36.4 Å². The summed E-state index contributed by atoms with van der Waals surface area (Å²) in [7, 11) is 0. The van der Waals surface area contributed by atoms with Crippen LogP contribution in [0.3, 0.4) is 0 Å². The molecule has 0 bridgehead atoms. The van der Waals surface area contributed by atoms with E-state index in [9.17, 15) is 18.0 Å². The summed E-state index contributed by atoms with van der Waals surface area (Å²) in [4.78, 5) is 19.2. The van der Waals surface area contributed by atoms with Crippen LogP contribution in [0.5, 0.6) is 0 Å². The molecule has 1 aromatic heterocycles. The van der Waals surface area contributed by atoms with Gasteiger partial charge in [-0.05, 0) is 18.2 Å². The van der Waals surface area contributed by atoms with Crippen molar-refractivity contribution in [3.8, 4) is 0 Å². The van der Waals surface area contributed by atoms with E-state index in [0.717, 1.165) is 12.1 Å². The molecule has 120 valence electrons. The summed E-state index contributed by atoms with van der Waals surface area (Å²) < 4.78 is 40.3. The second kappa shape index (κ2) is 6.28. The molecule has 0 radical (unpaired) electrons. The summed E-state index contributed by atoms with van der Waals surface area (Å²) in [6, 6.07) is 6.03. The van der Waals surface area contributed by atoms with Gasteiger partial charge in [0.1, 0.15) is 11.6 Å². The zero-order valence-corrected chi connectivity index (χ0v) is 12.2. The Hall–Kier alpha value is -2.57. The van der Waals surface area contributed by atoms with Crippen molar-refractivity contribution in [3.63, 3.8) is 0 Å². The lowest BCUT2D eigenvalue weighted by Crippen LogP contribution is -2.50. The molecule has 0 unspecified atom stereocenters. The van der Waals surface area contributed by atoms with Crippen LogP contribution in [0.1, 0.15) is 5.56 Å². The summed E-state index contributed by atoms with van der Waals surface area (Å²) in [6.07, 6.45) is 1.46. The number of nitrogens with zero attached hydrogens (tertiary/aromatic N) is 3. The molecule has 0 spiro atoms. The summed E-state index contributed by atoms with van der Waals surface area (Å²) in [5.41, 5.74) is 0.247. The summed E-state index contributed by atoms with van der Waals surface area (Å²) in [5, 5.41) is 0. The van der Waals surface area contributed by atoms with Gasteiger partial charge in [-0.3, -0.25) is 4.79 Å². The average Bonchev–Trinajstić information content (AvgIpc) is 2.52. The molecule has 1 saturated heterocycles. The van der Waals surface area contributed by atoms with Crippen LogP contribution in [0.2, 0.25) is 0 Å². The first-order valence-electron chi connectivity index (χ1n) is 7.12. The van der Waals surface area contributed by atoms with E-state index >= 15 is 0 Å². The van der Waals surface area contributed by atoms with Gasteiger partial charge in [0.15, 0.2) is 11.6 Å². The Morgan fingerprint density at radius 1 is 1.09 bits per heavy atom. The van der Waals surface area contributed by atoms with E-state index in [1.165, 1.54) is 29.3 Å². The number of hydrogen-bond acceptors (Lipinski definition) is 3. The van der Waals surface area contributed by atoms with Gasteiger partial charge in [-0.1, -0.05) is 6.07 Å². The minimum atomic E-state index is -0.684. The van der Waals surface area contributed by atoms with Crippen LogP contribution >= 0.6 is 0 Å². The summed E-state index contributed by atoms with van der Waals surface area (Å²) >= 11 is 0. The standard InChI is InChI=1S/C16H14F3N3O/c17-12-4-3-11(14(19)8-12)9-21-6-7-22(10-15(21)23)16-13(18)2-1-5-20-16/h1-5,8H,6-7,9-10H2. The van der Waals surface area contributed by atoms with Crippen molar-refractivity contribution in [3.05, 3.63) is 59.5 Å². The fourth-order valence-electron chi connectivity index (χ4n) is 2.52. The fourth-order valence-corrected chi connectivity index (χ4v) is 2.52. The molecule has 0 saturated carbocycles. The third-order valence-corrected chi connectivity index (χ3v) is 3.73. The first kappa shape index (κ1) is 15.3. The lowest BCUT2D eigenvalue weighted by molar-refractivity contribution is -0.131. The number of hydrogen-bond donors (Lipinski definition) is 0.